The molecule has 1 aliphatic rings. The number of carboxylic acids is 1. The zero-order valence-corrected chi connectivity index (χ0v) is 14.8. The minimum Gasteiger partial charge on any atom is -0.480 e. The average molecular weight is 358 g/mol. The minimum atomic E-state index is -1.00. The highest BCUT2D eigenvalue weighted by molar-refractivity contribution is 5.84. The van der Waals surface area contributed by atoms with Gasteiger partial charge in [-0.05, 0) is 6.92 Å². The molecule has 2 unspecified atom stereocenters. The van der Waals surface area contributed by atoms with E-state index in [0.29, 0.717) is 31.0 Å². The molecule has 138 valence electrons. The third kappa shape index (κ3) is 3.77. The van der Waals surface area contributed by atoms with Crippen LogP contribution in [0.2, 0.25) is 0 Å². The van der Waals surface area contributed by atoms with E-state index in [1.807, 2.05) is 37.3 Å². The largest absolute Gasteiger partial charge is 0.480 e. The topological polar surface area (TPSA) is 92.9 Å². The molecule has 0 radical (unpaired) electrons. The Balaban J connectivity index is 1.66. The van der Waals surface area contributed by atoms with Crippen molar-refractivity contribution in [3.05, 3.63) is 41.9 Å². The van der Waals surface area contributed by atoms with Gasteiger partial charge in [-0.3, -0.25) is 4.79 Å². The Morgan fingerprint density at radius 2 is 2.08 bits per heavy atom. The first-order valence-electron chi connectivity index (χ1n) is 8.56. The number of aryl methyl sites for hydroxylation is 2. The molecule has 1 fully saturated rings. The van der Waals surface area contributed by atoms with E-state index < -0.39 is 12.0 Å². The summed E-state index contributed by atoms with van der Waals surface area (Å²) in [6.07, 6.45) is 0.545. The maximum Gasteiger partial charge on any atom is 0.326 e. The van der Waals surface area contributed by atoms with Crippen LogP contribution in [0.15, 0.2) is 34.7 Å². The van der Waals surface area contributed by atoms with E-state index in [4.69, 9.17) is 9.15 Å². The maximum atomic E-state index is 12.5. The van der Waals surface area contributed by atoms with Gasteiger partial charge in [0.05, 0.1) is 11.8 Å². The van der Waals surface area contributed by atoms with Crippen LogP contribution in [0.1, 0.15) is 24.4 Å². The zero-order chi connectivity index (χ0) is 18.7. The Labute approximate surface area is 151 Å². The van der Waals surface area contributed by atoms with Crippen molar-refractivity contribution < 1.29 is 23.8 Å². The fraction of sp³-hybridized carbons (Fsp3) is 0.421. The molecule has 1 aromatic carbocycles. The predicted octanol–water partition coefficient (Wildman–Crippen LogP) is 2.28. The highest BCUT2D eigenvalue weighted by Gasteiger charge is 2.39. The molecule has 0 bridgehead atoms. The number of hydrogen-bond acceptors (Lipinski definition) is 5. The number of hydrogen-bond donors (Lipinski definition) is 1. The highest BCUT2D eigenvalue weighted by Crippen LogP contribution is 2.25. The Hall–Kier alpha value is -2.67. The SMILES string of the molecule is COC1CC(C(=O)O)N(C(=O)CCc2nc(C)c(-c3ccccc3)o2)C1. The number of carbonyl (C=O) groups is 2. The number of carboxylic acid groups (broad SMARTS) is 1. The summed E-state index contributed by atoms with van der Waals surface area (Å²) in [4.78, 5) is 29.6. The summed E-state index contributed by atoms with van der Waals surface area (Å²) in [6.45, 7) is 2.16. The van der Waals surface area contributed by atoms with Crippen molar-refractivity contribution in [2.45, 2.75) is 38.3 Å². The van der Waals surface area contributed by atoms with Crippen molar-refractivity contribution in [3.8, 4) is 11.3 Å². The first-order chi connectivity index (χ1) is 12.5. The number of methoxy groups -OCH3 is 1. The lowest BCUT2D eigenvalue weighted by atomic mass is 10.1. The first kappa shape index (κ1) is 18.1. The standard InChI is InChI=1S/C19H22N2O5/c1-12-18(13-6-4-3-5-7-13)26-16(20-12)8-9-17(22)21-11-14(25-2)10-15(21)19(23)24/h3-7,14-15H,8-11H2,1-2H3,(H,23,24). The summed E-state index contributed by atoms with van der Waals surface area (Å²) in [5, 5.41) is 9.32. The van der Waals surface area contributed by atoms with Gasteiger partial charge < -0.3 is 19.2 Å². The van der Waals surface area contributed by atoms with Crippen molar-refractivity contribution in [1.29, 1.82) is 0 Å². The smallest absolute Gasteiger partial charge is 0.326 e. The molecule has 7 heteroatoms. The number of likely N-dealkylation sites (tertiary alicyclic amines) is 1. The molecule has 26 heavy (non-hydrogen) atoms. The molecular formula is C19H22N2O5. The monoisotopic (exact) mass is 358 g/mol. The van der Waals surface area contributed by atoms with Crippen LogP contribution in [-0.4, -0.2) is 52.7 Å². The molecule has 3 rings (SSSR count). The number of carbonyl (C=O) groups excluding carboxylic acids is 1. The van der Waals surface area contributed by atoms with Crippen LogP contribution < -0.4 is 0 Å². The van der Waals surface area contributed by atoms with E-state index in [1.165, 1.54) is 12.0 Å². The van der Waals surface area contributed by atoms with E-state index >= 15 is 0 Å². The van der Waals surface area contributed by atoms with Gasteiger partial charge in [-0.15, -0.1) is 0 Å². The number of aliphatic carboxylic acids is 1. The molecule has 2 heterocycles. The van der Waals surface area contributed by atoms with Crippen molar-refractivity contribution in [2.75, 3.05) is 13.7 Å². The lowest BCUT2D eigenvalue weighted by Gasteiger charge is -2.20. The molecule has 1 N–H and O–H groups in total. The van der Waals surface area contributed by atoms with Gasteiger partial charge in [0, 0.05) is 38.5 Å². The molecule has 0 aliphatic carbocycles. The maximum absolute atomic E-state index is 12.5. The molecule has 7 nitrogen and oxygen atoms in total. The third-order valence-electron chi connectivity index (χ3n) is 4.63. The van der Waals surface area contributed by atoms with Crippen LogP contribution in [0.5, 0.6) is 0 Å². The number of nitrogens with zero attached hydrogens (tertiary/aromatic N) is 2. The van der Waals surface area contributed by atoms with Gasteiger partial charge in [-0.1, -0.05) is 30.3 Å². The lowest BCUT2D eigenvalue weighted by Crippen LogP contribution is -2.40. The van der Waals surface area contributed by atoms with Crippen molar-refractivity contribution in [2.24, 2.45) is 0 Å². The van der Waals surface area contributed by atoms with Crippen LogP contribution in [0.3, 0.4) is 0 Å². The van der Waals surface area contributed by atoms with Gasteiger partial charge in [0.1, 0.15) is 6.04 Å². The van der Waals surface area contributed by atoms with Crippen molar-refractivity contribution in [3.63, 3.8) is 0 Å². The highest BCUT2D eigenvalue weighted by atomic mass is 16.5. The average Bonchev–Trinajstić information content (AvgIpc) is 3.24. The summed E-state index contributed by atoms with van der Waals surface area (Å²) < 4.78 is 11.0. The van der Waals surface area contributed by atoms with Crippen LogP contribution in [0, 0.1) is 6.92 Å². The summed E-state index contributed by atoms with van der Waals surface area (Å²) in [5.74, 6) is -0.0635. The Morgan fingerprint density at radius 1 is 1.35 bits per heavy atom. The molecule has 1 aliphatic heterocycles. The van der Waals surface area contributed by atoms with Crippen LogP contribution in [-0.2, 0) is 20.7 Å². The quantitative estimate of drug-likeness (QED) is 0.852. The van der Waals surface area contributed by atoms with Gasteiger partial charge in [-0.25, -0.2) is 9.78 Å². The van der Waals surface area contributed by atoms with Crippen LogP contribution >= 0.6 is 0 Å². The molecule has 2 atom stereocenters. The Bertz CT molecular complexity index is 786. The number of amides is 1. The van der Waals surface area contributed by atoms with E-state index in [9.17, 15) is 14.7 Å². The molecule has 1 aromatic heterocycles. The Morgan fingerprint density at radius 3 is 2.73 bits per heavy atom. The molecule has 1 saturated heterocycles. The third-order valence-corrected chi connectivity index (χ3v) is 4.63. The van der Waals surface area contributed by atoms with E-state index in [-0.39, 0.29) is 18.4 Å². The molecular weight excluding hydrogens is 336 g/mol. The van der Waals surface area contributed by atoms with E-state index in [0.717, 1.165) is 11.3 Å². The molecule has 0 spiro atoms. The van der Waals surface area contributed by atoms with Crippen LogP contribution in [0.25, 0.3) is 11.3 Å². The predicted molar refractivity (Wildman–Crippen MR) is 93.5 cm³/mol. The number of oxazole rings is 1. The molecule has 2 aromatic rings. The van der Waals surface area contributed by atoms with E-state index in [2.05, 4.69) is 4.98 Å². The number of benzene rings is 1. The fourth-order valence-electron chi connectivity index (χ4n) is 3.25. The van der Waals surface area contributed by atoms with E-state index in [1.54, 1.807) is 0 Å². The molecule has 0 saturated carbocycles. The Kier molecular flexibility index (Phi) is 5.37. The summed E-state index contributed by atoms with van der Waals surface area (Å²) in [6, 6.07) is 8.82. The second kappa shape index (κ2) is 7.70. The first-order valence-corrected chi connectivity index (χ1v) is 8.56. The lowest BCUT2D eigenvalue weighted by molar-refractivity contribution is -0.148. The fourth-order valence-corrected chi connectivity index (χ4v) is 3.25. The number of aromatic nitrogens is 1. The van der Waals surface area contributed by atoms with Gasteiger partial charge in [0.25, 0.3) is 0 Å². The van der Waals surface area contributed by atoms with Gasteiger partial charge >= 0.3 is 5.97 Å². The zero-order valence-electron chi connectivity index (χ0n) is 14.8. The summed E-state index contributed by atoms with van der Waals surface area (Å²) in [5.41, 5.74) is 1.70. The second-order valence-electron chi connectivity index (χ2n) is 6.38. The number of ether oxygens (including phenoxy) is 1. The second-order valence-corrected chi connectivity index (χ2v) is 6.38. The minimum absolute atomic E-state index is 0.147. The normalized spacial score (nSPS) is 19.7. The summed E-state index contributed by atoms with van der Waals surface area (Å²) in [7, 11) is 1.53. The number of rotatable bonds is 6. The van der Waals surface area contributed by atoms with Gasteiger partial charge in [-0.2, -0.15) is 0 Å². The molecule has 1 amide bonds. The summed E-state index contributed by atoms with van der Waals surface area (Å²) >= 11 is 0. The van der Waals surface area contributed by atoms with Crippen LogP contribution in [0.4, 0.5) is 0 Å². The van der Waals surface area contributed by atoms with Crippen molar-refractivity contribution in [1.82, 2.24) is 9.88 Å². The van der Waals surface area contributed by atoms with Crippen molar-refractivity contribution >= 4 is 11.9 Å². The van der Waals surface area contributed by atoms with Gasteiger partial charge in [0.15, 0.2) is 11.7 Å². The van der Waals surface area contributed by atoms with Gasteiger partial charge in [0.2, 0.25) is 5.91 Å².